The van der Waals surface area contributed by atoms with Crippen LogP contribution < -0.4 is 0 Å². The molecule has 1 unspecified atom stereocenters. The second-order valence-corrected chi connectivity index (χ2v) is 5.76. The van der Waals surface area contributed by atoms with Crippen molar-refractivity contribution in [3.8, 4) is 0 Å². The van der Waals surface area contributed by atoms with Gasteiger partial charge in [-0.05, 0) is 34.1 Å². The Kier molecular flexibility index (Phi) is 5.01. The minimum Gasteiger partial charge on any atom is -0.481 e. The van der Waals surface area contributed by atoms with Crippen molar-refractivity contribution in [2.24, 2.45) is 0 Å². The van der Waals surface area contributed by atoms with Crippen molar-refractivity contribution in [2.75, 3.05) is 19.7 Å². The third-order valence-corrected chi connectivity index (χ3v) is 3.88. The van der Waals surface area contributed by atoms with Gasteiger partial charge in [0, 0.05) is 22.6 Å². The lowest BCUT2D eigenvalue weighted by molar-refractivity contribution is -0.141. The molecule has 1 N–H and O–H groups in total. The molecule has 1 aromatic rings. The van der Waals surface area contributed by atoms with E-state index in [0.29, 0.717) is 28.2 Å². The number of ether oxygens (including phenoxy) is 1. The molecule has 1 fully saturated rings. The van der Waals surface area contributed by atoms with E-state index in [9.17, 15) is 9.59 Å². The van der Waals surface area contributed by atoms with Gasteiger partial charge in [0.1, 0.15) is 0 Å². The van der Waals surface area contributed by atoms with Crippen LogP contribution in [0.2, 0.25) is 5.02 Å². The Morgan fingerprint density at radius 2 is 2.25 bits per heavy atom. The van der Waals surface area contributed by atoms with Gasteiger partial charge in [-0.2, -0.15) is 0 Å². The van der Waals surface area contributed by atoms with E-state index in [1.165, 1.54) is 0 Å². The Balaban J connectivity index is 2.10. The number of morpholine rings is 1. The van der Waals surface area contributed by atoms with Crippen LogP contribution in [0.15, 0.2) is 22.7 Å². The largest absolute Gasteiger partial charge is 0.481 e. The molecule has 1 atom stereocenters. The Hall–Kier alpha value is -1.11. The minimum atomic E-state index is -0.933. The molecule has 5 nitrogen and oxygen atoms in total. The van der Waals surface area contributed by atoms with E-state index in [1.807, 2.05) is 0 Å². The van der Waals surface area contributed by atoms with Crippen LogP contribution in [0.5, 0.6) is 0 Å². The molecule has 1 saturated heterocycles. The lowest BCUT2D eigenvalue weighted by Gasteiger charge is -2.32. The number of hydrogen-bond acceptors (Lipinski definition) is 3. The summed E-state index contributed by atoms with van der Waals surface area (Å²) < 4.78 is 5.97. The Labute approximate surface area is 129 Å². The third-order valence-electron chi connectivity index (χ3n) is 2.99. The van der Waals surface area contributed by atoms with Crippen LogP contribution in [0.1, 0.15) is 16.8 Å². The standard InChI is InChI=1S/C13H13BrClNO4/c14-11-5-8(15)1-2-10(11)13(19)16-3-4-20-9(7-16)6-12(17)18/h1-2,5,9H,3-4,6-7H2,(H,17,18). The summed E-state index contributed by atoms with van der Waals surface area (Å²) in [6, 6.07) is 4.95. The molecular formula is C13H13BrClNO4. The van der Waals surface area contributed by atoms with Crippen LogP contribution in [0.3, 0.4) is 0 Å². The van der Waals surface area contributed by atoms with Crippen molar-refractivity contribution < 1.29 is 19.4 Å². The van der Waals surface area contributed by atoms with Crippen molar-refractivity contribution in [2.45, 2.75) is 12.5 Å². The first-order valence-electron chi connectivity index (χ1n) is 6.05. The summed E-state index contributed by atoms with van der Waals surface area (Å²) in [7, 11) is 0. The van der Waals surface area contributed by atoms with E-state index < -0.39 is 12.1 Å². The predicted molar refractivity (Wildman–Crippen MR) is 77.0 cm³/mol. The number of halogens is 2. The fraction of sp³-hybridized carbons (Fsp3) is 0.385. The monoisotopic (exact) mass is 361 g/mol. The van der Waals surface area contributed by atoms with Crippen LogP contribution in [0, 0.1) is 0 Å². The molecule has 2 rings (SSSR count). The summed E-state index contributed by atoms with van der Waals surface area (Å²) in [5.74, 6) is -1.09. The van der Waals surface area contributed by atoms with Gasteiger partial charge in [0.25, 0.3) is 5.91 Å². The van der Waals surface area contributed by atoms with Gasteiger partial charge in [-0.1, -0.05) is 11.6 Å². The number of hydrogen-bond donors (Lipinski definition) is 1. The van der Waals surface area contributed by atoms with Gasteiger partial charge in [0.05, 0.1) is 24.7 Å². The van der Waals surface area contributed by atoms with E-state index in [1.54, 1.807) is 23.1 Å². The number of benzene rings is 1. The number of carboxylic acids is 1. The van der Waals surface area contributed by atoms with Crippen LogP contribution in [0.4, 0.5) is 0 Å². The maximum absolute atomic E-state index is 12.4. The molecule has 7 heteroatoms. The first-order chi connectivity index (χ1) is 9.47. The van der Waals surface area contributed by atoms with Crippen LogP contribution >= 0.6 is 27.5 Å². The molecule has 0 aliphatic carbocycles. The fourth-order valence-corrected chi connectivity index (χ4v) is 2.91. The van der Waals surface area contributed by atoms with Gasteiger partial charge in [0.2, 0.25) is 0 Å². The highest BCUT2D eigenvalue weighted by molar-refractivity contribution is 9.10. The Morgan fingerprint density at radius 1 is 1.50 bits per heavy atom. The van der Waals surface area contributed by atoms with E-state index in [4.69, 9.17) is 21.4 Å². The highest BCUT2D eigenvalue weighted by Gasteiger charge is 2.27. The van der Waals surface area contributed by atoms with Crippen LogP contribution in [0.25, 0.3) is 0 Å². The number of carbonyl (C=O) groups is 2. The van der Waals surface area contributed by atoms with E-state index in [0.717, 1.165) is 0 Å². The molecule has 0 spiro atoms. The zero-order chi connectivity index (χ0) is 14.7. The zero-order valence-corrected chi connectivity index (χ0v) is 12.9. The molecule has 20 heavy (non-hydrogen) atoms. The zero-order valence-electron chi connectivity index (χ0n) is 10.5. The lowest BCUT2D eigenvalue weighted by Crippen LogP contribution is -2.46. The Bertz CT molecular complexity index is 537. The van der Waals surface area contributed by atoms with Crippen LogP contribution in [-0.4, -0.2) is 47.7 Å². The quantitative estimate of drug-likeness (QED) is 0.897. The van der Waals surface area contributed by atoms with Gasteiger partial charge in [-0.25, -0.2) is 0 Å². The molecule has 1 heterocycles. The van der Waals surface area contributed by atoms with E-state index >= 15 is 0 Å². The summed E-state index contributed by atoms with van der Waals surface area (Å²) in [4.78, 5) is 24.7. The van der Waals surface area contributed by atoms with Gasteiger partial charge in [0.15, 0.2) is 0 Å². The predicted octanol–water partition coefficient (Wildman–Crippen LogP) is 2.42. The van der Waals surface area contributed by atoms with Crippen molar-refractivity contribution >= 4 is 39.4 Å². The van der Waals surface area contributed by atoms with Crippen molar-refractivity contribution in [1.82, 2.24) is 4.90 Å². The maximum atomic E-state index is 12.4. The number of carboxylic acid groups (broad SMARTS) is 1. The van der Waals surface area contributed by atoms with Gasteiger partial charge in [-0.3, -0.25) is 9.59 Å². The topological polar surface area (TPSA) is 66.8 Å². The molecule has 1 aromatic carbocycles. The molecule has 0 radical (unpaired) electrons. The van der Waals surface area contributed by atoms with E-state index in [2.05, 4.69) is 15.9 Å². The molecule has 108 valence electrons. The van der Waals surface area contributed by atoms with Gasteiger partial charge >= 0.3 is 5.97 Å². The summed E-state index contributed by atoms with van der Waals surface area (Å²) in [6.45, 7) is 1.07. The molecule has 0 aromatic heterocycles. The minimum absolute atomic E-state index is 0.106. The molecule has 0 bridgehead atoms. The second-order valence-electron chi connectivity index (χ2n) is 4.47. The number of aliphatic carboxylic acids is 1. The normalized spacial score (nSPS) is 18.9. The third kappa shape index (κ3) is 3.71. The average molecular weight is 363 g/mol. The van der Waals surface area contributed by atoms with E-state index in [-0.39, 0.29) is 18.9 Å². The fourth-order valence-electron chi connectivity index (χ4n) is 2.06. The number of carbonyl (C=O) groups excluding carboxylic acids is 1. The van der Waals surface area contributed by atoms with Crippen LogP contribution in [-0.2, 0) is 9.53 Å². The first kappa shape index (κ1) is 15.3. The smallest absolute Gasteiger partial charge is 0.306 e. The van der Waals surface area contributed by atoms with Crippen molar-refractivity contribution in [1.29, 1.82) is 0 Å². The molecule has 1 amide bonds. The summed E-state index contributed by atoms with van der Waals surface area (Å²) >= 11 is 9.16. The highest BCUT2D eigenvalue weighted by atomic mass is 79.9. The average Bonchev–Trinajstić information content (AvgIpc) is 2.37. The molecular weight excluding hydrogens is 350 g/mol. The Morgan fingerprint density at radius 3 is 2.90 bits per heavy atom. The van der Waals surface area contributed by atoms with Crippen molar-refractivity contribution in [3.63, 3.8) is 0 Å². The maximum Gasteiger partial charge on any atom is 0.306 e. The second kappa shape index (κ2) is 6.56. The molecule has 0 saturated carbocycles. The summed E-state index contributed by atoms with van der Waals surface area (Å²) in [5, 5.41) is 9.32. The summed E-state index contributed by atoms with van der Waals surface area (Å²) in [5.41, 5.74) is 0.505. The van der Waals surface area contributed by atoms with Crippen molar-refractivity contribution in [3.05, 3.63) is 33.3 Å². The van der Waals surface area contributed by atoms with Gasteiger partial charge in [-0.15, -0.1) is 0 Å². The molecule has 1 aliphatic heterocycles. The highest BCUT2D eigenvalue weighted by Crippen LogP contribution is 2.23. The SMILES string of the molecule is O=C(O)CC1CN(C(=O)c2ccc(Cl)cc2Br)CCO1. The number of nitrogens with zero attached hydrogens (tertiary/aromatic N) is 1. The van der Waals surface area contributed by atoms with Gasteiger partial charge < -0.3 is 14.7 Å². The summed E-state index contributed by atoms with van der Waals surface area (Å²) in [6.07, 6.45) is -0.567. The lowest BCUT2D eigenvalue weighted by atomic mass is 10.1. The number of amides is 1. The molecule has 1 aliphatic rings. The first-order valence-corrected chi connectivity index (χ1v) is 7.22. The number of rotatable bonds is 3.